The lowest BCUT2D eigenvalue weighted by molar-refractivity contribution is -0.304. The van der Waals surface area contributed by atoms with Crippen LogP contribution in [0.15, 0.2) is 24.3 Å². The minimum atomic E-state index is -2.00. The summed E-state index contributed by atoms with van der Waals surface area (Å²) >= 11 is 0. The number of ketones is 2. The number of phenolic OH excluding ortho intramolecular Hbond substituents is 3. The van der Waals surface area contributed by atoms with Crippen LogP contribution in [-0.4, -0.2) is 103 Å². The number of aliphatic carboxylic acids is 1. The van der Waals surface area contributed by atoms with Crippen molar-refractivity contribution in [2.75, 3.05) is 7.11 Å². The van der Waals surface area contributed by atoms with Crippen LogP contribution in [-0.2, 0) is 14.3 Å². The molecule has 8 atom stereocenters. The molecule has 3 aromatic carbocycles. The minimum Gasteiger partial charge on any atom is -0.507 e. The Labute approximate surface area is 282 Å². The van der Waals surface area contributed by atoms with Crippen LogP contribution >= 0.6 is 0 Å². The number of carbonyl (C=O) groups excluding carboxylic acids is 3. The Bertz CT molecular complexity index is 2000. The van der Waals surface area contributed by atoms with Crippen LogP contribution in [0.3, 0.4) is 0 Å². The van der Waals surface area contributed by atoms with E-state index in [1.165, 1.54) is 40.0 Å². The van der Waals surface area contributed by atoms with Crippen molar-refractivity contribution in [3.05, 3.63) is 68.8 Å². The van der Waals surface area contributed by atoms with Gasteiger partial charge in [0.25, 0.3) is 5.91 Å². The van der Waals surface area contributed by atoms with E-state index in [0.29, 0.717) is 0 Å². The molecule has 1 heterocycles. The number of hydrogen-bond donors (Lipinski definition) is 8. The molecular weight excluding hydrogens is 665 g/mol. The van der Waals surface area contributed by atoms with E-state index in [1.54, 1.807) is 0 Å². The summed E-state index contributed by atoms with van der Waals surface area (Å²) in [6, 6.07) is 3.19. The molecular formula is C34H32FNO14. The van der Waals surface area contributed by atoms with Crippen molar-refractivity contribution in [1.29, 1.82) is 0 Å². The number of nitrogens with one attached hydrogen (secondary N) is 1. The number of benzene rings is 3. The molecule has 264 valence electrons. The van der Waals surface area contributed by atoms with Crippen molar-refractivity contribution in [1.82, 2.24) is 5.32 Å². The number of phenols is 3. The van der Waals surface area contributed by atoms with Crippen LogP contribution in [0, 0.1) is 6.92 Å². The number of aromatic hydroxyl groups is 3. The third-order valence-electron chi connectivity index (χ3n) is 9.27. The molecule has 3 aromatic rings. The zero-order chi connectivity index (χ0) is 36.7. The lowest BCUT2D eigenvalue weighted by Crippen LogP contribution is -2.56. The van der Waals surface area contributed by atoms with E-state index < -0.39 is 118 Å². The van der Waals surface area contributed by atoms with Gasteiger partial charge in [-0.1, -0.05) is 6.07 Å². The van der Waals surface area contributed by atoms with E-state index >= 15 is 0 Å². The molecule has 15 nitrogen and oxygen atoms in total. The van der Waals surface area contributed by atoms with Crippen LogP contribution in [0.4, 0.5) is 4.39 Å². The fraction of sp³-hybridized carbons (Fsp3) is 0.353. The lowest BCUT2D eigenvalue weighted by Gasteiger charge is -2.42. The van der Waals surface area contributed by atoms with E-state index in [1.807, 2.05) is 0 Å². The van der Waals surface area contributed by atoms with Gasteiger partial charge >= 0.3 is 5.97 Å². The number of carbonyl (C=O) groups is 4. The van der Waals surface area contributed by atoms with Crippen molar-refractivity contribution in [3.8, 4) is 34.1 Å². The minimum absolute atomic E-state index is 0.0223. The van der Waals surface area contributed by atoms with Crippen molar-refractivity contribution in [2.45, 2.75) is 69.8 Å². The highest BCUT2D eigenvalue weighted by Gasteiger charge is 2.48. The molecule has 0 saturated carbocycles. The standard InChI is InChI=1S/C34H32FNO14/c1-9-5-16-21(27(41)18(9)32(45)36-10(2)33(46)47)20-14(26(40)31(16)50-34-30(44)29(43)23(35)11(3)49-34)8-15-22(28(20)42)25(39)13-6-12(48-4)7-17(37)19(13)24(15)38/h5-8,10-11,23,26,29-31,34,37,40-44H,1-4H3,(H,36,45)(H,46,47)/t10-,11-,23+,26+,29+,30-,31+,34+/m1/s1. The molecule has 6 rings (SSSR count). The molecule has 1 amide bonds. The molecule has 1 aliphatic heterocycles. The van der Waals surface area contributed by atoms with Gasteiger partial charge in [-0.3, -0.25) is 19.2 Å². The molecule has 8 N–H and O–H groups in total. The highest BCUT2D eigenvalue weighted by Crippen LogP contribution is 2.57. The summed E-state index contributed by atoms with van der Waals surface area (Å²) in [6.45, 7) is 3.82. The second-order valence-corrected chi connectivity index (χ2v) is 12.4. The Morgan fingerprint density at radius 2 is 1.52 bits per heavy atom. The Kier molecular flexibility index (Phi) is 8.56. The third kappa shape index (κ3) is 5.14. The number of methoxy groups -OCH3 is 1. The Morgan fingerprint density at radius 3 is 2.16 bits per heavy atom. The highest BCUT2D eigenvalue weighted by molar-refractivity contribution is 6.31. The second kappa shape index (κ2) is 12.3. The first-order chi connectivity index (χ1) is 23.5. The largest absolute Gasteiger partial charge is 0.507 e. The zero-order valence-corrected chi connectivity index (χ0v) is 26.8. The maximum absolute atomic E-state index is 14.4. The zero-order valence-electron chi connectivity index (χ0n) is 26.8. The molecule has 1 saturated heterocycles. The van der Waals surface area contributed by atoms with Gasteiger partial charge < -0.3 is 55.3 Å². The van der Waals surface area contributed by atoms with Crippen LogP contribution < -0.4 is 10.1 Å². The Balaban J connectivity index is 1.60. The van der Waals surface area contributed by atoms with Crippen molar-refractivity contribution < 1.29 is 73.5 Å². The van der Waals surface area contributed by atoms with Crippen molar-refractivity contribution >= 4 is 23.4 Å². The maximum atomic E-state index is 14.4. The van der Waals surface area contributed by atoms with Gasteiger partial charge in [0.05, 0.1) is 29.9 Å². The average Bonchev–Trinajstić information content (AvgIpc) is 3.06. The first-order valence-corrected chi connectivity index (χ1v) is 15.3. The normalized spacial score (nSPS) is 25.9. The first-order valence-electron chi connectivity index (χ1n) is 15.3. The molecule has 16 heteroatoms. The summed E-state index contributed by atoms with van der Waals surface area (Å²) in [5.41, 5.74) is -3.37. The second-order valence-electron chi connectivity index (χ2n) is 12.4. The van der Waals surface area contributed by atoms with Gasteiger partial charge in [0, 0.05) is 28.3 Å². The summed E-state index contributed by atoms with van der Waals surface area (Å²) in [4.78, 5) is 52.4. The first kappa shape index (κ1) is 34.7. The van der Waals surface area contributed by atoms with E-state index in [4.69, 9.17) is 14.2 Å². The fourth-order valence-electron chi connectivity index (χ4n) is 6.66. The maximum Gasteiger partial charge on any atom is 0.325 e. The van der Waals surface area contributed by atoms with Gasteiger partial charge in [-0.15, -0.1) is 0 Å². The number of amides is 1. The number of alkyl halides is 1. The van der Waals surface area contributed by atoms with Gasteiger partial charge in [-0.25, -0.2) is 4.39 Å². The summed E-state index contributed by atoms with van der Waals surface area (Å²) in [5, 5.41) is 78.5. The van der Waals surface area contributed by atoms with Crippen molar-refractivity contribution in [2.24, 2.45) is 0 Å². The number of carboxylic acid groups (broad SMARTS) is 1. The average molecular weight is 698 g/mol. The van der Waals surface area contributed by atoms with Crippen LogP contribution in [0.25, 0.3) is 11.1 Å². The molecule has 50 heavy (non-hydrogen) atoms. The number of carboxylic acids is 1. The molecule has 3 aliphatic rings. The van der Waals surface area contributed by atoms with Crippen LogP contribution in [0.2, 0.25) is 0 Å². The molecule has 0 bridgehead atoms. The monoisotopic (exact) mass is 697 g/mol. The topological polar surface area (TPSA) is 250 Å². The van der Waals surface area contributed by atoms with E-state index in [-0.39, 0.29) is 33.6 Å². The molecule has 0 aromatic heterocycles. The van der Waals surface area contributed by atoms with Gasteiger partial charge in [-0.05, 0) is 49.6 Å². The number of hydrogen-bond acceptors (Lipinski definition) is 13. The van der Waals surface area contributed by atoms with Gasteiger partial charge in [0.1, 0.15) is 53.5 Å². The third-order valence-corrected chi connectivity index (χ3v) is 9.27. The molecule has 0 radical (unpaired) electrons. The predicted molar refractivity (Wildman–Crippen MR) is 166 cm³/mol. The number of ether oxygens (including phenoxy) is 3. The summed E-state index contributed by atoms with van der Waals surface area (Å²) in [6.07, 6.45) is -12.5. The smallest absolute Gasteiger partial charge is 0.325 e. The van der Waals surface area contributed by atoms with Gasteiger partial charge in [0.2, 0.25) is 0 Å². The number of halogens is 1. The molecule has 1 fully saturated rings. The molecule has 0 unspecified atom stereocenters. The highest BCUT2D eigenvalue weighted by atomic mass is 19.1. The van der Waals surface area contributed by atoms with Crippen molar-refractivity contribution in [3.63, 3.8) is 0 Å². The lowest BCUT2D eigenvalue weighted by atomic mass is 9.74. The summed E-state index contributed by atoms with van der Waals surface area (Å²) < 4.78 is 31.0. The van der Waals surface area contributed by atoms with Crippen LogP contribution in [0.5, 0.6) is 23.0 Å². The number of aliphatic hydroxyl groups excluding tert-OH is 3. The molecule has 0 spiro atoms. The summed E-state index contributed by atoms with van der Waals surface area (Å²) in [7, 11) is 1.26. The fourth-order valence-corrected chi connectivity index (χ4v) is 6.66. The quantitative estimate of drug-likeness (QED) is 0.143. The van der Waals surface area contributed by atoms with Gasteiger partial charge in [-0.2, -0.15) is 0 Å². The van der Waals surface area contributed by atoms with E-state index in [9.17, 15) is 59.3 Å². The number of fused-ring (bicyclic) bond motifs is 5. The number of aryl methyl sites for hydroxylation is 1. The molecule has 2 aliphatic carbocycles. The Morgan fingerprint density at radius 1 is 0.900 bits per heavy atom. The number of rotatable bonds is 6. The number of aliphatic hydroxyl groups is 3. The van der Waals surface area contributed by atoms with Gasteiger partial charge in [0.15, 0.2) is 24.0 Å². The predicted octanol–water partition coefficient (Wildman–Crippen LogP) is 1.68. The van der Waals surface area contributed by atoms with E-state index in [0.717, 1.165) is 12.1 Å². The summed E-state index contributed by atoms with van der Waals surface area (Å²) in [5.74, 6) is -6.60. The Hall–Kier alpha value is -5.13. The SMILES string of the molecule is COc1cc(O)c2c(c1)C(=O)c1c(cc3c(c1O)-c1c(cc(C)c(C(=O)N[C@H](C)C(=O)O)c1O)[C@H](O[C@@H]1O[C@H](C)[C@H](F)[C@H](O)[C@H]1O)[C@H]3O)C2=O. The van der Waals surface area contributed by atoms with Crippen LogP contribution in [0.1, 0.15) is 84.9 Å². The van der Waals surface area contributed by atoms with E-state index in [2.05, 4.69) is 5.32 Å².